The highest BCUT2D eigenvalue weighted by Gasteiger charge is 2.35. The van der Waals surface area contributed by atoms with Crippen LogP contribution in [0.4, 0.5) is 0 Å². The van der Waals surface area contributed by atoms with E-state index in [4.69, 9.17) is 14.5 Å². The van der Waals surface area contributed by atoms with Gasteiger partial charge in [-0.15, -0.1) is 0 Å². The SMILES string of the molecule is COCCNC(=O)c1cc(C2CN(C(=O)C3CNNC3C)CCO2)nc2ccccc12. The van der Waals surface area contributed by atoms with E-state index in [-0.39, 0.29) is 29.9 Å². The maximum absolute atomic E-state index is 13.0. The molecule has 2 amide bonds. The number of aromatic nitrogens is 1. The van der Waals surface area contributed by atoms with Gasteiger partial charge in [0.15, 0.2) is 0 Å². The summed E-state index contributed by atoms with van der Waals surface area (Å²) in [6, 6.07) is 9.41. The van der Waals surface area contributed by atoms with Crippen molar-refractivity contribution in [3.05, 3.63) is 41.6 Å². The van der Waals surface area contributed by atoms with E-state index in [1.165, 1.54) is 0 Å². The minimum Gasteiger partial charge on any atom is -0.383 e. The molecule has 2 fully saturated rings. The number of para-hydroxylation sites is 1. The molecule has 31 heavy (non-hydrogen) atoms. The van der Waals surface area contributed by atoms with Crippen molar-refractivity contribution in [1.29, 1.82) is 0 Å². The van der Waals surface area contributed by atoms with Crippen molar-refractivity contribution in [2.45, 2.75) is 19.1 Å². The topological polar surface area (TPSA) is 105 Å². The average Bonchev–Trinajstić information content (AvgIpc) is 3.23. The molecule has 1 aromatic heterocycles. The van der Waals surface area contributed by atoms with Gasteiger partial charge in [-0.2, -0.15) is 0 Å². The van der Waals surface area contributed by atoms with E-state index in [0.717, 1.165) is 10.9 Å². The lowest BCUT2D eigenvalue weighted by molar-refractivity contribution is -0.143. The van der Waals surface area contributed by atoms with E-state index in [1.807, 2.05) is 36.1 Å². The summed E-state index contributed by atoms with van der Waals surface area (Å²) in [7, 11) is 1.60. The third kappa shape index (κ3) is 4.69. The second kappa shape index (κ2) is 9.69. The Hall–Kier alpha value is -2.59. The van der Waals surface area contributed by atoms with Gasteiger partial charge in [-0.1, -0.05) is 18.2 Å². The number of fused-ring (bicyclic) bond motifs is 1. The Balaban J connectivity index is 1.58. The van der Waals surface area contributed by atoms with E-state index >= 15 is 0 Å². The van der Waals surface area contributed by atoms with E-state index in [9.17, 15) is 9.59 Å². The second-order valence-electron chi connectivity index (χ2n) is 7.92. The molecular weight excluding hydrogens is 398 g/mol. The lowest BCUT2D eigenvalue weighted by atomic mass is 10.0. The van der Waals surface area contributed by atoms with Crippen LogP contribution >= 0.6 is 0 Å². The number of morpholine rings is 1. The third-order valence-corrected chi connectivity index (χ3v) is 5.85. The summed E-state index contributed by atoms with van der Waals surface area (Å²) in [6.45, 7) is 4.87. The number of hydrogen-bond acceptors (Lipinski definition) is 7. The number of carbonyl (C=O) groups is 2. The number of nitrogens with one attached hydrogen (secondary N) is 3. The summed E-state index contributed by atoms with van der Waals surface area (Å²) in [5, 5.41) is 3.66. The first-order chi connectivity index (χ1) is 15.1. The van der Waals surface area contributed by atoms with E-state index in [0.29, 0.717) is 50.7 Å². The lowest BCUT2D eigenvalue weighted by Gasteiger charge is -2.34. The van der Waals surface area contributed by atoms with Gasteiger partial charge < -0.3 is 19.7 Å². The number of methoxy groups -OCH3 is 1. The highest BCUT2D eigenvalue weighted by molar-refractivity contribution is 6.06. The minimum absolute atomic E-state index is 0.0787. The van der Waals surface area contributed by atoms with Gasteiger partial charge in [0.05, 0.1) is 42.5 Å². The maximum atomic E-state index is 13.0. The Labute approximate surface area is 181 Å². The fourth-order valence-corrected chi connectivity index (χ4v) is 4.08. The van der Waals surface area contributed by atoms with Gasteiger partial charge in [-0.25, -0.2) is 4.98 Å². The predicted molar refractivity (Wildman–Crippen MR) is 115 cm³/mol. The van der Waals surface area contributed by atoms with Crippen molar-refractivity contribution in [3.63, 3.8) is 0 Å². The molecule has 3 heterocycles. The zero-order valence-electron chi connectivity index (χ0n) is 17.9. The van der Waals surface area contributed by atoms with Crippen LogP contribution in [-0.2, 0) is 14.3 Å². The van der Waals surface area contributed by atoms with Gasteiger partial charge in [-0.3, -0.25) is 20.4 Å². The monoisotopic (exact) mass is 427 g/mol. The molecule has 9 heteroatoms. The minimum atomic E-state index is -0.384. The fraction of sp³-hybridized carbons (Fsp3) is 0.500. The number of benzene rings is 1. The van der Waals surface area contributed by atoms with Crippen molar-refractivity contribution in [2.24, 2.45) is 5.92 Å². The molecule has 0 aliphatic carbocycles. The number of amides is 2. The van der Waals surface area contributed by atoms with Gasteiger partial charge in [-0.05, 0) is 19.1 Å². The Morgan fingerprint density at radius 1 is 1.35 bits per heavy atom. The van der Waals surface area contributed by atoms with Gasteiger partial charge in [0.2, 0.25) is 5.91 Å². The van der Waals surface area contributed by atoms with Crippen LogP contribution in [0.15, 0.2) is 30.3 Å². The molecule has 0 radical (unpaired) electrons. The fourth-order valence-electron chi connectivity index (χ4n) is 4.08. The third-order valence-electron chi connectivity index (χ3n) is 5.85. The molecule has 1 aromatic carbocycles. The Morgan fingerprint density at radius 3 is 2.97 bits per heavy atom. The molecular formula is C22H29N5O4. The highest BCUT2D eigenvalue weighted by atomic mass is 16.5. The molecule has 166 valence electrons. The Bertz CT molecular complexity index is 953. The normalized spacial score (nSPS) is 23.8. The first-order valence-electron chi connectivity index (χ1n) is 10.6. The first-order valence-corrected chi connectivity index (χ1v) is 10.6. The van der Waals surface area contributed by atoms with Crippen LogP contribution < -0.4 is 16.2 Å². The Morgan fingerprint density at radius 2 is 2.19 bits per heavy atom. The summed E-state index contributed by atoms with van der Waals surface area (Å²) in [5.74, 6) is -0.181. The quantitative estimate of drug-likeness (QED) is 0.581. The summed E-state index contributed by atoms with van der Waals surface area (Å²) in [6.07, 6.45) is -0.384. The zero-order valence-corrected chi connectivity index (χ0v) is 17.9. The molecule has 3 unspecified atom stereocenters. The molecule has 0 bridgehead atoms. The summed E-state index contributed by atoms with van der Waals surface area (Å²) in [5.41, 5.74) is 8.07. The second-order valence-corrected chi connectivity index (χ2v) is 7.92. The van der Waals surface area contributed by atoms with Crippen LogP contribution in [0.25, 0.3) is 10.9 Å². The van der Waals surface area contributed by atoms with Gasteiger partial charge in [0, 0.05) is 38.2 Å². The largest absolute Gasteiger partial charge is 0.383 e. The van der Waals surface area contributed by atoms with Crippen LogP contribution in [0.3, 0.4) is 0 Å². The standard InChI is InChI=1S/C22H29N5O4/c1-14-17(12-24-26-14)22(29)27-8-10-31-20(13-27)19-11-16(21(28)23-7-9-30-2)15-5-3-4-6-18(15)25-19/h3-6,11,14,17,20,24,26H,7-10,12-13H2,1-2H3,(H,23,28). The highest BCUT2D eigenvalue weighted by Crippen LogP contribution is 2.27. The van der Waals surface area contributed by atoms with Crippen molar-refractivity contribution < 1.29 is 19.1 Å². The number of nitrogens with zero attached hydrogens (tertiary/aromatic N) is 2. The molecule has 2 saturated heterocycles. The van der Waals surface area contributed by atoms with Crippen LogP contribution in [0.5, 0.6) is 0 Å². The molecule has 3 N–H and O–H groups in total. The molecule has 2 aliphatic rings. The smallest absolute Gasteiger partial charge is 0.252 e. The van der Waals surface area contributed by atoms with Gasteiger partial charge >= 0.3 is 0 Å². The van der Waals surface area contributed by atoms with E-state index < -0.39 is 0 Å². The van der Waals surface area contributed by atoms with Gasteiger partial charge in [0.1, 0.15) is 6.10 Å². The number of rotatable bonds is 6. The summed E-state index contributed by atoms with van der Waals surface area (Å²) < 4.78 is 11.0. The molecule has 0 saturated carbocycles. The molecule has 0 spiro atoms. The predicted octanol–water partition coefficient (Wildman–Crippen LogP) is 0.623. The van der Waals surface area contributed by atoms with E-state index in [2.05, 4.69) is 16.2 Å². The van der Waals surface area contributed by atoms with Crippen molar-refractivity contribution in [1.82, 2.24) is 26.1 Å². The number of hydrogen-bond donors (Lipinski definition) is 3. The molecule has 9 nitrogen and oxygen atoms in total. The number of ether oxygens (including phenoxy) is 2. The molecule has 4 rings (SSSR count). The Kier molecular flexibility index (Phi) is 6.77. The molecule has 3 atom stereocenters. The number of pyridine rings is 1. The summed E-state index contributed by atoms with van der Waals surface area (Å²) in [4.78, 5) is 32.5. The van der Waals surface area contributed by atoms with Gasteiger partial charge in [0.25, 0.3) is 5.91 Å². The maximum Gasteiger partial charge on any atom is 0.252 e. The number of carbonyl (C=O) groups excluding carboxylic acids is 2. The lowest BCUT2D eigenvalue weighted by Crippen LogP contribution is -2.47. The zero-order chi connectivity index (χ0) is 21.8. The van der Waals surface area contributed by atoms with Crippen molar-refractivity contribution in [3.8, 4) is 0 Å². The van der Waals surface area contributed by atoms with Crippen LogP contribution in [0.2, 0.25) is 0 Å². The van der Waals surface area contributed by atoms with Crippen LogP contribution in [-0.4, -0.2) is 74.2 Å². The first kappa shape index (κ1) is 21.6. The number of hydrazine groups is 1. The van der Waals surface area contributed by atoms with Crippen molar-refractivity contribution in [2.75, 3.05) is 46.5 Å². The summed E-state index contributed by atoms with van der Waals surface area (Å²) >= 11 is 0. The molecule has 2 aromatic rings. The average molecular weight is 428 g/mol. The van der Waals surface area contributed by atoms with Crippen LogP contribution in [0, 0.1) is 5.92 Å². The van der Waals surface area contributed by atoms with Crippen LogP contribution in [0.1, 0.15) is 29.1 Å². The van der Waals surface area contributed by atoms with Crippen molar-refractivity contribution >= 4 is 22.7 Å². The molecule has 2 aliphatic heterocycles. The van der Waals surface area contributed by atoms with E-state index in [1.54, 1.807) is 13.2 Å².